The Balaban J connectivity index is 1.49. The first-order chi connectivity index (χ1) is 12.3. The third-order valence-electron chi connectivity index (χ3n) is 5.42. The van der Waals surface area contributed by atoms with E-state index in [-0.39, 0.29) is 0 Å². The Morgan fingerprint density at radius 2 is 1.92 bits per heavy atom. The molecule has 25 heavy (non-hydrogen) atoms. The first kappa shape index (κ1) is 16.2. The highest BCUT2D eigenvalue weighted by Crippen LogP contribution is 2.34. The zero-order chi connectivity index (χ0) is 17.2. The summed E-state index contributed by atoms with van der Waals surface area (Å²) in [5, 5.41) is 4.20. The summed E-state index contributed by atoms with van der Waals surface area (Å²) >= 11 is 0. The summed E-state index contributed by atoms with van der Waals surface area (Å²) < 4.78 is 16.1. The second kappa shape index (κ2) is 6.92. The molecule has 0 aliphatic carbocycles. The third kappa shape index (κ3) is 3.29. The van der Waals surface area contributed by atoms with Crippen molar-refractivity contribution in [1.82, 2.24) is 10.1 Å². The Morgan fingerprint density at radius 1 is 1.12 bits per heavy atom. The minimum atomic E-state index is 0.636. The van der Waals surface area contributed by atoms with Gasteiger partial charge in [0.25, 0.3) is 0 Å². The number of benzene rings is 1. The van der Waals surface area contributed by atoms with Crippen LogP contribution in [-0.2, 0) is 0 Å². The molecule has 1 atom stereocenters. The van der Waals surface area contributed by atoms with Gasteiger partial charge in [0.05, 0.1) is 14.2 Å². The Kier molecular flexibility index (Phi) is 4.49. The number of hydrogen-bond acceptors (Lipinski definition) is 5. The average Bonchev–Trinajstić information content (AvgIpc) is 3.16. The SMILES string of the molecule is COc1ccc(-c2cc(C=CC3CN4CCC3CC4)on2)cc1OC. The van der Waals surface area contributed by atoms with Gasteiger partial charge in [-0.2, -0.15) is 0 Å². The number of hydrogen-bond donors (Lipinski definition) is 0. The van der Waals surface area contributed by atoms with Crippen molar-refractivity contribution >= 4 is 6.08 Å². The number of nitrogens with zero attached hydrogens (tertiary/aromatic N) is 2. The molecule has 0 saturated carbocycles. The molecule has 3 aliphatic heterocycles. The van der Waals surface area contributed by atoms with Gasteiger partial charge in [0.1, 0.15) is 5.69 Å². The summed E-state index contributed by atoms with van der Waals surface area (Å²) in [4.78, 5) is 2.56. The molecule has 1 unspecified atom stereocenters. The van der Waals surface area contributed by atoms with Crippen LogP contribution in [0.2, 0.25) is 0 Å². The van der Waals surface area contributed by atoms with Crippen molar-refractivity contribution in [3.63, 3.8) is 0 Å². The van der Waals surface area contributed by atoms with Crippen LogP contribution in [-0.4, -0.2) is 43.9 Å². The highest BCUT2D eigenvalue weighted by molar-refractivity contribution is 5.65. The highest BCUT2D eigenvalue weighted by atomic mass is 16.5. The highest BCUT2D eigenvalue weighted by Gasteiger charge is 2.32. The van der Waals surface area contributed by atoms with E-state index in [2.05, 4.69) is 22.2 Å². The van der Waals surface area contributed by atoms with Crippen molar-refractivity contribution in [3.05, 3.63) is 36.1 Å². The minimum absolute atomic E-state index is 0.636. The maximum Gasteiger partial charge on any atom is 0.161 e. The molecule has 2 bridgehead atoms. The van der Waals surface area contributed by atoms with Crippen molar-refractivity contribution in [2.75, 3.05) is 33.9 Å². The van der Waals surface area contributed by atoms with Gasteiger partial charge >= 0.3 is 0 Å². The molecular formula is C20H24N2O3. The number of fused-ring (bicyclic) bond motifs is 3. The van der Waals surface area contributed by atoms with Crippen molar-refractivity contribution in [1.29, 1.82) is 0 Å². The largest absolute Gasteiger partial charge is 0.493 e. The van der Waals surface area contributed by atoms with Gasteiger partial charge in [-0.3, -0.25) is 0 Å². The number of aromatic nitrogens is 1. The van der Waals surface area contributed by atoms with E-state index in [1.807, 2.05) is 24.3 Å². The number of ether oxygens (including phenoxy) is 2. The second-order valence-electron chi connectivity index (χ2n) is 6.85. The quantitative estimate of drug-likeness (QED) is 0.830. The molecule has 0 radical (unpaired) electrons. The molecule has 5 heteroatoms. The topological polar surface area (TPSA) is 47.7 Å². The molecule has 2 aromatic rings. The van der Waals surface area contributed by atoms with E-state index in [0.717, 1.165) is 22.9 Å². The third-order valence-corrected chi connectivity index (χ3v) is 5.42. The monoisotopic (exact) mass is 340 g/mol. The molecular weight excluding hydrogens is 316 g/mol. The van der Waals surface area contributed by atoms with Crippen LogP contribution in [0.5, 0.6) is 11.5 Å². The minimum Gasteiger partial charge on any atom is -0.493 e. The van der Waals surface area contributed by atoms with E-state index in [1.54, 1.807) is 14.2 Å². The van der Waals surface area contributed by atoms with Crippen LogP contribution in [0, 0.1) is 11.8 Å². The fourth-order valence-corrected chi connectivity index (χ4v) is 3.95. The van der Waals surface area contributed by atoms with E-state index in [9.17, 15) is 0 Å². The van der Waals surface area contributed by atoms with E-state index in [4.69, 9.17) is 14.0 Å². The Morgan fingerprint density at radius 3 is 2.60 bits per heavy atom. The van der Waals surface area contributed by atoms with Gasteiger partial charge in [0.2, 0.25) is 0 Å². The Bertz CT molecular complexity index is 760. The van der Waals surface area contributed by atoms with Crippen molar-refractivity contribution in [2.45, 2.75) is 12.8 Å². The first-order valence-electron chi connectivity index (χ1n) is 8.86. The van der Waals surface area contributed by atoms with E-state index in [1.165, 1.54) is 32.5 Å². The summed E-state index contributed by atoms with van der Waals surface area (Å²) in [6.45, 7) is 3.71. The molecule has 0 spiro atoms. The molecule has 5 rings (SSSR count). The van der Waals surface area contributed by atoms with Gasteiger partial charge in [-0.15, -0.1) is 0 Å². The molecule has 4 heterocycles. The number of rotatable bonds is 5. The van der Waals surface area contributed by atoms with Crippen LogP contribution >= 0.6 is 0 Å². The standard InChI is InChI=1S/C20H24N2O3/c1-23-19-6-4-15(11-20(19)24-2)18-12-17(25-21-18)5-3-16-13-22-9-7-14(16)8-10-22/h3-6,11-12,14,16H,7-10,13H2,1-2H3. The van der Waals surface area contributed by atoms with Gasteiger partial charge in [-0.25, -0.2) is 0 Å². The van der Waals surface area contributed by atoms with Gasteiger partial charge in [0, 0.05) is 18.2 Å². The van der Waals surface area contributed by atoms with Crippen LogP contribution < -0.4 is 9.47 Å². The summed E-state index contributed by atoms with van der Waals surface area (Å²) in [6.07, 6.45) is 7.02. The van der Waals surface area contributed by atoms with Gasteiger partial charge < -0.3 is 18.9 Å². The first-order valence-corrected chi connectivity index (χ1v) is 8.86. The summed E-state index contributed by atoms with van der Waals surface area (Å²) in [7, 11) is 3.26. The molecule has 0 N–H and O–H groups in total. The predicted molar refractivity (Wildman–Crippen MR) is 96.7 cm³/mol. The van der Waals surface area contributed by atoms with Crippen LogP contribution in [0.3, 0.4) is 0 Å². The number of methoxy groups -OCH3 is 2. The average molecular weight is 340 g/mol. The summed E-state index contributed by atoms with van der Waals surface area (Å²) in [5.41, 5.74) is 1.75. The lowest BCUT2D eigenvalue weighted by molar-refractivity contribution is 0.0739. The maximum absolute atomic E-state index is 5.50. The van der Waals surface area contributed by atoms with Crippen LogP contribution in [0.25, 0.3) is 17.3 Å². The van der Waals surface area contributed by atoms with Gasteiger partial charge in [-0.1, -0.05) is 11.2 Å². The maximum atomic E-state index is 5.50. The fraction of sp³-hybridized carbons (Fsp3) is 0.450. The zero-order valence-electron chi connectivity index (χ0n) is 14.8. The fourth-order valence-electron chi connectivity index (χ4n) is 3.95. The van der Waals surface area contributed by atoms with Crippen molar-refractivity contribution in [3.8, 4) is 22.8 Å². The normalized spacial score (nSPS) is 25.4. The molecule has 3 aliphatic rings. The van der Waals surface area contributed by atoms with Gasteiger partial charge in [0.15, 0.2) is 17.3 Å². The molecule has 0 amide bonds. The Labute approximate surface area is 148 Å². The summed E-state index contributed by atoms with van der Waals surface area (Å²) in [6, 6.07) is 7.72. The second-order valence-corrected chi connectivity index (χ2v) is 6.85. The van der Waals surface area contributed by atoms with Crippen LogP contribution in [0.1, 0.15) is 18.6 Å². The molecule has 5 nitrogen and oxygen atoms in total. The van der Waals surface area contributed by atoms with Crippen LogP contribution in [0.15, 0.2) is 34.9 Å². The molecule has 3 fully saturated rings. The van der Waals surface area contributed by atoms with Crippen LogP contribution in [0.4, 0.5) is 0 Å². The van der Waals surface area contributed by atoms with E-state index in [0.29, 0.717) is 17.4 Å². The van der Waals surface area contributed by atoms with Crippen molar-refractivity contribution in [2.24, 2.45) is 11.8 Å². The zero-order valence-corrected chi connectivity index (χ0v) is 14.8. The molecule has 1 aromatic heterocycles. The number of piperidine rings is 3. The predicted octanol–water partition coefficient (Wildman–Crippen LogP) is 3.71. The van der Waals surface area contributed by atoms with E-state index >= 15 is 0 Å². The summed E-state index contributed by atoms with van der Waals surface area (Å²) in [5.74, 6) is 3.65. The lowest BCUT2D eigenvalue weighted by Gasteiger charge is -2.43. The van der Waals surface area contributed by atoms with E-state index < -0.39 is 0 Å². The molecule has 132 valence electrons. The lowest BCUT2D eigenvalue weighted by Crippen LogP contribution is -2.46. The molecule has 3 saturated heterocycles. The van der Waals surface area contributed by atoms with Crippen molar-refractivity contribution < 1.29 is 14.0 Å². The van der Waals surface area contributed by atoms with Gasteiger partial charge in [-0.05, 0) is 62.0 Å². The lowest BCUT2D eigenvalue weighted by atomic mass is 9.79. The Hall–Kier alpha value is -2.27. The smallest absolute Gasteiger partial charge is 0.161 e. The molecule has 1 aromatic carbocycles.